The van der Waals surface area contributed by atoms with Crippen molar-refractivity contribution in [2.75, 3.05) is 59.4 Å². The van der Waals surface area contributed by atoms with Crippen LogP contribution in [-0.2, 0) is 28.5 Å². The Kier molecular flexibility index (Phi) is 14.1. The summed E-state index contributed by atoms with van der Waals surface area (Å²) in [5.41, 5.74) is 8.06. The van der Waals surface area contributed by atoms with Crippen molar-refractivity contribution < 1.29 is 50.4 Å². The minimum atomic E-state index is -2.95. The average Bonchev–Trinajstić information content (AvgIpc) is 2.76. The Balaban J connectivity index is 1.98. The summed E-state index contributed by atoms with van der Waals surface area (Å²) in [6.07, 6.45) is -17.1. The van der Waals surface area contributed by atoms with Crippen molar-refractivity contribution in [1.82, 2.24) is 0 Å². The Bertz CT molecular complexity index is 544. The molecule has 180 valence electrons. The van der Waals surface area contributed by atoms with Crippen LogP contribution < -0.4 is 0 Å². The lowest BCUT2D eigenvalue weighted by Gasteiger charge is -2.35. The molecule has 0 aromatic heterocycles. The van der Waals surface area contributed by atoms with E-state index >= 15 is 0 Å². The SMILES string of the molecule is [N-]=[N+]=NCCOCCOCCOCCOCCC(=O)OC1C(F)C(F)C(F)C(F)C1F. The molecular formula is C17H26F5N3O6. The van der Waals surface area contributed by atoms with Crippen LogP contribution in [0.5, 0.6) is 0 Å². The Morgan fingerprint density at radius 3 is 1.61 bits per heavy atom. The third kappa shape index (κ3) is 10.4. The number of azide groups is 1. The molecular weight excluding hydrogens is 437 g/mol. The fourth-order valence-corrected chi connectivity index (χ4v) is 2.47. The second-order valence-corrected chi connectivity index (χ2v) is 6.33. The molecule has 1 saturated carbocycles. The first-order valence-electron chi connectivity index (χ1n) is 9.61. The molecule has 0 saturated heterocycles. The molecule has 0 aromatic rings. The number of nitrogens with zero attached hydrogens (tertiary/aromatic N) is 3. The number of hydrogen-bond donors (Lipinski definition) is 0. The normalized spacial score (nSPS) is 28.2. The summed E-state index contributed by atoms with van der Waals surface area (Å²) in [7, 11) is 0. The molecule has 4 unspecified atom stereocenters. The first-order chi connectivity index (χ1) is 14.9. The summed E-state index contributed by atoms with van der Waals surface area (Å²) < 4.78 is 91.9. The van der Waals surface area contributed by atoms with Crippen LogP contribution in [0.25, 0.3) is 10.4 Å². The van der Waals surface area contributed by atoms with Crippen molar-refractivity contribution in [2.45, 2.75) is 43.4 Å². The summed E-state index contributed by atoms with van der Waals surface area (Å²) >= 11 is 0. The van der Waals surface area contributed by atoms with Crippen LogP contribution >= 0.6 is 0 Å². The fraction of sp³-hybridized carbons (Fsp3) is 0.941. The van der Waals surface area contributed by atoms with Gasteiger partial charge < -0.3 is 23.7 Å². The van der Waals surface area contributed by atoms with Gasteiger partial charge in [-0.05, 0) is 5.53 Å². The smallest absolute Gasteiger partial charge is 0.308 e. The van der Waals surface area contributed by atoms with E-state index in [0.717, 1.165) is 0 Å². The van der Waals surface area contributed by atoms with Crippen LogP contribution in [0.15, 0.2) is 5.11 Å². The topological polar surface area (TPSA) is 112 Å². The van der Waals surface area contributed by atoms with Crippen molar-refractivity contribution in [3.8, 4) is 0 Å². The van der Waals surface area contributed by atoms with E-state index in [-0.39, 0.29) is 33.0 Å². The van der Waals surface area contributed by atoms with Crippen LogP contribution in [0.2, 0.25) is 0 Å². The number of alkyl halides is 5. The minimum Gasteiger partial charge on any atom is -0.456 e. The van der Waals surface area contributed by atoms with Crippen molar-refractivity contribution in [3.63, 3.8) is 0 Å². The predicted octanol–water partition coefficient (Wildman–Crippen LogP) is 2.37. The lowest BCUT2D eigenvalue weighted by molar-refractivity contribution is -0.177. The molecule has 4 atom stereocenters. The average molecular weight is 463 g/mol. The van der Waals surface area contributed by atoms with Crippen LogP contribution in [0, 0.1) is 0 Å². The highest BCUT2D eigenvalue weighted by atomic mass is 19.2. The number of carbonyl (C=O) groups excluding carboxylic acids is 1. The second kappa shape index (κ2) is 16.0. The Hall–Kier alpha value is -1.73. The summed E-state index contributed by atoms with van der Waals surface area (Å²) in [6, 6.07) is 0. The lowest BCUT2D eigenvalue weighted by atomic mass is 9.89. The second-order valence-electron chi connectivity index (χ2n) is 6.33. The molecule has 31 heavy (non-hydrogen) atoms. The molecule has 1 aliphatic carbocycles. The van der Waals surface area contributed by atoms with Gasteiger partial charge in [0.25, 0.3) is 0 Å². The Morgan fingerprint density at radius 1 is 0.710 bits per heavy atom. The molecule has 9 nitrogen and oxygen atoms in total. The van der Waals surface area contributed by atoms with Gasteiger partial charge in [0, 0.05) is 11.5 Å². The standard InChI is InChI=1S/C17H26F5N3O6/c18-12-13(19)15(21)17(16(22)14(12)20)31-11(26)1-3-27-5-7-29-9-10-30-8-6-28-4-2-24-25-23/h12-17H,1-10H2. The first kappa shape index (κ1) is 27.3. The zero-order chi connectivity index (χ0) is 23.1. The maximum absolute atomic E-state index is 13.6. The molecule has 1 aliphatic rings. The highest BCUT2D eigenvalue weighted by Crippen LogP contribution is 2.33. The lowest BCUT2D eigenvalue weighted by Crippen LogP contribution is -2.57. The van der Waals surface area contributed by atoms with Crippen molar-refractivity contribution in [1.29, 1.82) is 0 Å². The summed E-state index contributed by atoms with van der Waals surface area (Å²) in [6.45, 7) is 1.97. The van der Waals surface area contributed by atoms with Crippen molar-refractivity contribution in [2.24, 2.45) is 5.11 Å². The molecule has 1 fully saturated rings. The van der Waals surface area contributed by atoms with Gasteiger partial charge in [-0.1, -0.05) is 5.11 Å². The third-order valence-corrected chi connectivity index (χ3v) is 4.08. The first-order valence-corrected chi connectivity index (χ1v) is 9.61. The Morgan fingerprint density at radius 2 is 1.13 bits per heavy atom. The van der Waals surface area contributed by atoms with Gasteiger partial charge in [0.05, 0.1) is 59.3 Å². The molecule has 0 aliphatic heterocycles. The van der Waals surface area contributed by atoms with E-state index < -0.39 is 49.4 Å². The number of esters is 1. The van der Waals surface area contributed by atoms with Crippen LogP contribution in [0.3, 0.4) is 0 Å². The van der Waals surface area contributed by atoms with Gasteiger partial charge in [0.2, 0.25) is 0 Å². The number of carbonyl (C=O) groups is 1. The number of halogens is 5. The van der Waals surface area contributed by atoms with Gasteiger partial charge in [-0.15, -0.1) is 0 Å². The van der Waals surface area contributed by atoms with Gasteiger partial charge in [0.15, 0.2) is 37.0 Å². The van der Waals surface area contributed by atoms with E-state index in [0.29, 0.717) is 26.4 Å². The summed E-state index contributed by atoms with van der Waals surface area (Å²) in [5, 5.41) is 3.30. The molecule has 0 amide bonds. The van der Waals surface area contributed by atoms with Crippen LogP contribution in [0.1, 0.15) is 6.42 Å². The number of ether oxygens (including phenoxy) is 5. The monoisotopic (exact) mass is 463 g/mol. The molecule has 1 rings (SSSR count). The Labute approximate surface area is 175 Å². The number of hydrogen-bond acceptors (Lipinski definition) is 7. The molecule has 0 aromatic carbocycles. The molecule has 0 radical (unpaired) electrons. The zero-order valence-electron chi connectivity index (χ0n) is 16.7. The van der Waals surface area contributed by atoms with Crippen molar-refractivity contribution >= 4 is 5.97 Å². The van der Waals surface area contributed by atoms with Gasteiger partial charge >= 0.3 is 5.97 Å². The van der Waals surface area contributed by atoms with E-state index in [1.807, 2.05) is 0 Å². The molecule has 0 spiro atoms. The summed E-state index contributed by atoms with van der Waals surface area (Å²) in [5.74, 6) is -1.12. The summed E-state index contributed by atoms with van der Waals surface area (Å²) in [4.78, 5) is 14.2. The maximum Gasteiger partial charge on any atom is 0.308 e. The van der Waals surface area contributed by atoms with E-state index in [1.54, 1.807) is 0 Å². The highest BCUT2D eigenvalue weighted by Gasteiger charge is 2.55. The van der Waals surface area contributed by atoms with Crippen LogP contribution in [-0.4, -0.2) is 102 Å². The molecule has 14 heteroatoms. The molecule has 0 heterocycles. The molecule has 0 bridgehead atoms. The number of rotatable bonds is 16. The van der Waals surface area contributed by atoms with Gasteiger partial charge in [0.1, 0.15) is 0 Å². The predicted molar refractivity (Wildman–Crippen MR) is 96.3 cm³/mol. The van der Waals surface area contributed by atoms with Gasteiger partial charge in [-0.25, -0.2) is 22.0 Å². The van der Waals surface area contributed by atoms with E-state index in [4.69, 9.17) is 24.5 Å². The third-order valence-electron chi connectivity index (χ3n) is 4.08. The van der Waals surface area contributed by atoms with E-state index in [9.17, 15) is 26.7 Å². The minimum absolute atomic E-state index is 0.110. The van der Waals surface area contributed by atoms with E-state index in [1.165, 1.54) is 0 Å². The zero-order valence-corrected chi connectivity index (χ0v) is 16.7. The van der Waals surface area contributed by atoms with Gasteiger partial charge in [-0.3, -0.25) is 4.79 Å². The quantitative estimate of drug-likeness (QED) is 0.0868. The maximum atomic E-state index is 13.6. The largest absolute Gasteiger partial charge is 0.456 e. The van der Waals surface area contributed by atoms with E-state index in [2.05, 4.69) is 14.8 Å². The molecule has 0 N–H and O–H groups in total. The van der Waals surface area contributed by atoms with Crippen LogP contribution in [0.4, 0.5) is 22.0 Å². The highest BCUT2D eigenvalue weighted by molar-refractivity contribution is 5.69. The van der Waals surface area contributed by atoms with Gasteiger partial charge in [-0.2, -0.15) is 0 Å². The fourth-order valence-electron chi connectivity index (χ4n) is 2.47. The van der Waals surface area contributed by atoms with Crippen molar-refractivity contribution in [3.05, 3.63) is 10.4 Å².